The van der Waals surface area contributed by atoms with Crippen molar-refractivity contribution in [2.45, 2.75) is 63.8 Å². The number of anilines is 1. The second-order valence-electron chi connectivity index (χ2n) is 10.1. The quantitative estimate of drug-likeness (QED) is 0.540. The molecule has 190 valence electrons. The lowest BCUT2D eigenvalue weighted by molar-refractivity contribution is -0.137. The van der Waals surface area contributed by atoms with Gasteiger partial charge in [-0.3, -0.25) is 4.79 Å². The van der Waals surface area contributed by atoms with Gasteiger partial charge in [-0.15, -0.1) is 0 Å². The largest absolute Gasteiger partial charge is 0.490 e. The average molecular weight is 490 g/mol. The number of carbonyl (C=O) groups is 1. The predicted molar refractivity (Wildman–Crippen MR) is 129 cm³/mol. The number of amides is 1. The van der Waals surface area contributed by atoms with Gasteiger partial charge in [-0.25, -0.2) is 4.98 Å². The summed E-state index contributed by atoms with van der Waals surface area (Å²) in [6, 6.07) is 10.6. The molecular formula is C27H34F3N3O2. The Morgan fingerprint density at radius 2 is 1.83 bits per heavy atom. The molecular weight excluding hydrogens is 455 g/mol. The number of hydrogen-bond acceptors (Lipinski definition) is 4. The van der Waals surface area contributed by atoms with Crippen molar-refractivity contribution in [2.75, 3.05) is 19.0 Å². The first kappa shape index (κ1) is 25.3. The molecule has 2 aliphatic carbocycles. The van der Waals surface area contributed by atoms with Gasteiger partial charge in [-0.05, 0) is 93.7 Å². The van der Waals surface area contributed by atoms with Crippen LogP contribution in [0.25, 0.3) is 0 Å². The van der Waals surface area contributed by atoms with Crippen LogP contribution in [0.15, 0.2) is 42.5 Å². The fourth-order valence-corrected chi connectivity index (χ4v) is 5.52. The topological polar surface area (TPSA) is 54.5 Å². The summed E-state index contributed by atoms with van der Waals surface area (Å²) < 4.78 is 44.7. The lowest BCUT2D eigenvalue weighted by Gasteiger charge is -2.43. The maximum atomic E-state index is 13.1. The zero-order valence-electron chi connectivity index (χ0n) is 20.5. The minimum Gasteiger partial charge on any atom is -0.490 e. The highest BCUT2D eigenvalue weighted by Crippen LogP contribution is 2.44. The maximum absolute atomic E-state index is 13.1. The third-order valence-electron chi connectivity index (χ3n) is 7.44. The molecule has 2 fully saturated rings. The molecule has 35 heavy (non-hydrogen) atoms. The Hall–Kier alpha value is -2.77. The lowest BCUT2D eigenvalue weighted by Crippen LogP contribution is -2.43. The Balaban J connectivity index is 1.34. The van der Waals surface area contributed by atoms with Gasteiger partial charge in [0, 0.05) is 20.0 Å². The molecule has 1 heterocycles. The molecule has 1 N–H and O–H groups in total. The number of nitrogens with zero attached hydrogens (tertiary/aromatic N) is 2. The predicted octanol–water partition coefficient (Wildman–Crippen LogP) is 6.01. The van der Waals surface area contributed by atoms with Crippen LogP contribution in [0.4, 0.5) is 19.0 Å². The minimum absolute atomic E-state index is 0.0219. The molecule has 1 aromatic carbocycles. The molecule has 2 aromatic rings. The number of rotatable bonds is 6. The summed E-state index contributed by atoms with van der Waals surface area (Å²) in [5.74, 6) is 2.07. The van der Waals surface area contributed by atoms with Gasteiger partial charge in [-0.2, -0.15) is 13.2 Å². The van der Waals surface area contributed by atoms with Crippen LogP contribution in [0, 0.1) is 17.8 Å². The number of hydrogen-bond donors (Lipinski definition) is 1. The highest BCUT2D eigenvalue weighted by Gasteiger charge is 2.41. The van der Waals surface area contributed by atoms with Crippen molar-refractivity contribution in [3.05, 3.63) is 53.7 Å². The molecule has 0 aliphatic heterocycles. The van der Waals surface area contributed by atoms with Gasteiger partial charge in [0.25, 0.3) is 0 Å². The van der Waals surface area contributed by atoms with E-state index in [1.807, 2.05) is 44.1 Å². The average Bonchev–Trinajstić information content (AvgIpc) is 2.83. The van der Waals surface area contributed by atoms with Crippen molar-refractivity contribution >= 4 is 11.7 Å². The van der Waals surface area contributed by atoms with Crippen LogP contribution in [-0.2, 0) is 11.0 Å². The highest BCUT2D eigenvalue weighted by atomic mass is 19.4. The third-order valence-corrected chi connectivity index (χ3v) is 7.44. The Bertz CT molecular complexity index is 1010. The van der Waals surface area contributed by atoms with Gasteiger partial charge in [0.2, 0.25) is 5.91 Å². The summed E-state index contributed by atoms with van der Waals surface area (Å²) in [5, 5.41) is 3.15. The number of fused-ring (bicyclic) bond motifs is 1. The summed E-state index contributed by atoms with van der Waals surface area (Å²) in [6.45, 7) is 1.96. The minimum atomic E-state index is -4.35. The number of carbonyl (C=O) groups excluding carboxylic acids is 1. The van der Waals surface area contributed by atoms with E-state index in [2.05, 4.69) is 10.3 Å². The number of pyridine rings is 1. The Labute approximate surface area is 205 Å². The van der Waals surface area contributed by atoms with E-state index in [9.17, 15) is 18.0 Å². The van der Waals surface area contributed by atoms with Gasteiger partial charge < -0.3 is 15.0 Å². The van der Waals surface area contributed by atoms with E-state index >= 15 is 0 Å². The van der Waals surface area contributed by atoms with E-state index in [1.165, 1.54) is 12.1 Å². The first-order valence-electron chi connectivity index (χ1n) is 12.4. The van der Waals surface area contributed by atoms with Gasteiger partial charge in [0.15, 0.2) is 0 Å². The summed E-state index contributed by atoms with van der Waals surface area (Å²) in [4.78, 5) is 19.7. The summed E-state index contributed by atoms with van der Waals surface area (Å²) >= 11 is 0. The van der Waals surface area contributed by atoms with Gasteiger partial charge in [-0.1, -0.05) is 6.07 Å². The van der Waals surface area contributed by atoms with E-state index in [4.69, 9.17) is 4.74 Å². The molecule has 1 aromatic heterocycles. The second-order valence-corrected chi connectivity index (χ2v) is 10.1. The van der Waals surface area contributed by atoms with Crippen LogP contribution >= 0.6 is 0 Å². The molecule has 1 amide bonds. The van der Waals surface area contributed by atoms with E-state index in [0.717, 1.165) is 62.2 Å². The van der Waals surface area contributed by atoms with Crippen LogP contribution < -0.4 is 15.0 Å². The molecule has 2 saturated carbocycles. The number of nitrogens with one attached hydrogen (secondary N) is 1. The molecule has 0 spiro atoms. The molecule has 4 rings (SSSR count). The van der Waals surface area contributed by atoms with Gasteiger partial charge in [0.05, 0.1) is 17.3 Å². The van der Waals surface area contributed by atoms with Crippen molar-refractivity contribution < 1.29 is 22.7 Å². The molecule has 2 aliphatic rings. The summed E-state index contributed by atoms with van der Waals surface area (Å²) in [6.07, 6.45) is 1.07. The molecule has 0 saturated heterocycles. The number of ether oxygens (including phenoxy) is 1. The fraction of sp³-hybridized carbons (Fsp3) is 0.556. The number of halogens is 3. The van der Waals surface area contributed by atoms with Crippen LogP contribution in [0.1, 0.15) is 62.7 Å². The molecule has 5 unspecified atom stereocenters. The summed E-state index contributed by atoms with van der Waals surface area (Å²) in [7, 11) is 3.87. The van der Waals surface area contributed by atoms with Crippen LogP contribution in [0.3, 0.4) is 0 Å². The SMILES string of the molecule is CC(NC(=O)C1CCC2C(CCCC2Oc2ccc(C(F)(F)F)cc2)C1)c1cccc(N(C)C)n1. The molecule has 8 heteroatoms. The van der Waals surface area contributed by atoms with Crippen molar-refractivity contribution in [1.82, 2.24) is 10.3 Å². The number of alkyl halides is 3. The molecule has 5 nitrogen and oxygen atoms in total. The van der Waals surface area contributed by atoms with Crippen molar-refractivity contribution in [3.8, 4) is 5.75 Å². The van der Waals surface area contributed by atoms with E-state index in [1.54, 1.807) is 0 Å². The fourth-order valence-electron chi connectivity index (χ4n) is 5.52. The van der Waals surface area contributed by atoms with Gasteiger partial charge in [0.1, 0.15) is 17.7 Å². The van der Waals surface area contributed by atoms with Crippen LogP contribution in [0.5, 0.6) is 5.75 Å². The molecule has 0 bridgehead atoms. The number of aromatic nitrogens is 1. The van der Waals surface area contributed by atoms with Gasteiger partial charge >= 0.3 is 6.18 Å². The molecule has 0 radical (unpaired) electrons. The monoisotopic (exact) mass is 489 g/mol. The van der Waals surface area contributed by atoms with Crippen LogP contribution in [0.2, 0.25) is 0 Å². The van der Waals surface area contributed by atoms with E-state index in [-0.39, 0.29) is 24.0 Å². The smallest absolute Gasteiger partial charge is 0.416 e. The Morgan fingerprint density at radius 1 is 1.09 bits per heavy atom. The third kappa shape index (κ3) is 6.08. The zero-order chi connectivity index (χ0) is 25.2. The van der Waals surface area contributed by atoms with Crippen molar-refractivity contribution in [1.29, 1.82) is 0 Å². The second kappa shape index (κ2) is 10.5. The lowest BCUT2D eigenvalue weighted by atomic mass is 9.66. The van der Waals surface area contributed by atoms with E-state index < -0.39 is 11.7 Å². The highest BCUT2D eigenvalue weighted by molar-refractivity contribution is 5.79. The first-order valence-corrected chi connectivity index (χ1v) is 12.4. The summed E-state index contributed by atoms with van der Waals surface area (Å²) in [5.41, 5.74) is 0.164. The van der Waals surface area contributed by atoms with Crippen molar-refractivity contribution in [2.24, 2.45) is 17.8 Å². The Kier molecular flexibility index (Phi) is 7.57. The van der Waals surface area contributed by atoms with Crippen molar-refractivity contribution in [3.63, 3.8) is 0 Å². The molecule has 5 atom stereocenters. The number of benzene rings is 1. The zero-order valence-corrected chi connectivity index (χ0v) is 20.5. The Morgan fingerprint density at radius 3 is 2.51 bits per heavy atom. The first-order chi connectivity index (χ1) is 16.6. The normalized spacial score (nSPS) is 25.3. The standard InChI is InChI=1S/C27H34F3N3O2/c1-17(23-7-5-9-25(32-23)33(2)3)31-26(34)19-10-15-22-18(16-19)6-4-8-24(22)35-21-13-11-20(12-14-21)27(28,29)30/h5,7,9,11-14,17-19,22,24H,4,6,8,10,15-16H2,1-3H3,(H,31,34). The van der Waals surface area contributed by atoms with E-state index in [0.29, 0.717) is 17.6 Å². The van der Waals surface area contributed by atoms with Crippen LogP contribution in [-0.4, -0.2) is 31.1 Å². The maximum Gasteiger partial charge on any atom is 0.416 e.